The van der Waals surface area contributed by atoms with E-state index in [2.05, 4.69) is 0 Å². The minimum atomic E-state index is -3.72. The van der Waals surface area contributed by atoms with Gasteiger partial charge in [-0.3, -0.25) is 4.57 Å². The van der Waals surface area contributed by atoms with Crippen molar-refractivity contribution < 1.29 is 23.5 Å². The van der Waals surface area contributed by atoms with Crippen LogP contribution in [0.2, 0.25) is 0 Å². The van der Waals surface area contributed by atoms with E-state index in [-0.39, 0.29) is 24.3 Å². The normalized spacial score (nSPS) is 18.6. The maximum atomic E-state index is 11.8. The van der Waals surface area contributed by atoms with Gasteiger partial charge in [-0.1, -0.05) is 6.92 Å². The molecule has 0 aromatic carbocycles. The molecule has 0 aliphatic heterocycles. The van der Waals surface area contributed by atoms with Gasteiger partial charge in [-0.05, 0) is 40.2 Å². The van der Waals surface area contributed by atoms with E-state index in [1.807, 2.05) is 28.6 Å². The fraction of sp³-hybridized carbons (Fsp3) is 0.846. The van der Waals surface area contributed by atoms with Gasteiger partial charge in [-0.15, -0.1) is 0 Å². The lowest BCUT2D eigenvalue weighted by Gasteiger charge is -2.21. The van der Waals surface area contributed by atoms with E-state index in [1.165, 1.54) is 5.82 Å². The summed E-state index contributed by atoms with van der Waals surface area (Å²) in [5.74, 6) is 1.18. The van der Waals surface area contributed by atoms with Gasteiger partial charge in [-0.2, -0.15) is 0 Å². The Labute approximate surface area is 123 Å². The highest BCUT2D eigenvalue weighted by molar-refractivity contribution is 7.56. The molecule has 3 atom stereocenters. The molecule has 0 spiro atoms. The third-order valence-corrected chi connectivity index (χ3v) is 3.70. The summed E-state index contributed by atoms with van der Waals surface area (Å²) in [5.41, 5.74) is 0. The van der Waals surface area contributed by atoms with Crippen LogP contribution in [0.4, 0.5) is 0 Å². The Bertz CT molecular complexity index is 333. The Hall–Kier alpha value is -0.125. The van der Waals surface area contributed by atoms with Crippen molar-refractivity contribution in [2.24, 2.45) is 0 Å². The average molecular weight is 306 g/mol. The van der Waals surface area contributed by atoms with Crippen LogP contribution < -0.4 is 0 Å². The van der Waals surface area contributed by atoms with E-state index in [0.29, 0.717) is 6.61 Å². The monoisotopic (exact) mass is 306 g/mol. The second-order valence-electron chi connectivity index (χ2n) is 5.34. The number of hydrogen-bond donors (Lipinski definition) is 1. The van der Waals surface area contributed by atoms with Crippen LogP contribution in [0.5, 0.6) is 0 Å². The first-order valence-corrected chi connectivity index (χ1v) is 8.78. The average Bonchev–Trinajstić information content (AvgIpc) is 2.30. The molecule has 0 aliphatic rings. The molecular formula is C13H28BO5P. The molecule has 0 fully saturated rings. The summed E-state index contributed by atoms with van der Waals surface area (Å²) < 4.78 is 28.0. The molecule has 0 aromatic rings. The van der Waals surface area contributed by atoms with Crippen molar-refractivity contribution in [3.05, 3.63) is 11.9 Å². The third-order valence-electron chi connectivity index (χ3n) is 2.43. The van der Waals surface area contributed by atoms with Gasteiger partial charge in [0.2, 0.25) is 0 Å². The van der Waals surface area contributed by atoms with Crippen molar-refractivity contribution >= 4 is 15.4 Å². The molecule has 0 saturated heterocycles. The van der Waals surface area contributed by atoms with Crippen molar-refractivity contribution in [1.82, 2.24) is 0 Å². The molecule has 0 saturated carbocycles. The molecule has 118 valence electrons. The van der Waals surface area contributed by atoms with Gasteiger partial charge in [0, 0.05) is 11.8 Å². The Kier molecular flexibility index (Phi) is 9.69. The molecule has 1 N–H and O–H groups in total. The Morgan fingerprint density at radius 3 is 2.30 bits per heavy atom. The van der Waals surface area contributed by atoms with Crippen LogP contribution in [-0.2, 0) is 18.6 Å². The standard InChI is InChI=1S/C13H28BO5P/c1-6-13(14)18-12(9-17-10(2)3)7-8-20(15,16)19-11(4)5/h7-8,10-13H,6,9,14H2,1-5H3,(H,15,16)/b8-7+/t12-,13-/m1/s1. The lowest BCUT2D eigenvalue weighted by Crippen LogP contribution is -2.26. The minimum Gasteiger partial charge on any atom is -0.378 e. The first-order valence-electron chi connectivity index (χ1n) is 7.13. The summed E-state index contributed by atoms with van der Waals surface area (Å²) in [5, 5.41) is 0. The van der Waals surface area contributed by atoms with Crippen LogP contribution in [0.1, 0.15) is 41.0 Å². The molecular weight excluding hydrogens is 278 g/mol. The van der Waals surface area contributed by atoms with Crippen molar-refractivity contribution in [1.29, 1.82) is 0 Å². The molecule has 0 rings (SSSR count). The quantitative estimate of drug-likeness (QED) is 0.495. The molecule has 7 heteroatoms. The topological polar surface area (TPSA) is 65.0 Å². The molecule has 0 aliphatic carbocycles. The second kappa shape index (κ2) is 9.75. The van der Waals surface area contributed by atoms with Crippen LogP contribution in [0.3, 0.4) is 0 Å². The fourth-order valence-electron chi connectivity index (χ4n) is 1.36. The highest BCUT2D eigenvalue weighted by atomic mass is 31.2. The lowest BCUT2D eigenvalue weighted by atomic mass is 9.97. The minimum absolute atomic E-state index is 0.0597. The molecule has 20 heavy (non-hydrogen) atoms. The Balaban J connectivity index is 4.64. The summed E-state index contributed by atoms with van der Waals surface area (Å²) in [6.07, 6.45) is 1.84. The third kappa shape index (κ3) is 10.6. The molecule has 0 aromatic heterocycles. The summed E-state index contributed by atoms with van der Waals surface area (Å²) in [4.78, 5) is 9.65. The number of rotatable bonds is 10. The zero-order valence-electron chi connectivity index (χ0n) is 13.4. The summed E-state index contributed by atoms with van der Waals surface area (Å²) in [6.45, 7) is 9.66. The van der Waals surface area contributed by atoms with E-state index in [0.717, 1.165) is 6.42 Å². The lowest BCUT2D eigenvalue weighted by molar-refractivity contribution is -0.0251. The van der Waals surface area contributed by atoms with Crippen molar-refractivity contribution in [2.75, 3.05) is 6.61 Å². The van der Waals surface area contributed by atoms with E-state index < -0.39 is 7.60 Å². The zero-order chi connectivity index (χ0) is 15.8. The molecule has 0 radical (unpaired) electrons. The summed E-state index contributed by atoms with van der Waals surface area (Å²) in [6, 6.07) is 0.0597. The Morgan fingerprint density at radius 2 is 1.85 bits per heavy atom. The SMILES string of the molecule is B[C@@H](CC)O[C@H](/C=C/P(=O)(O)OC(C)C)COC(C)C. The summed E-state index contributed by atoms with van der Waals surface area (Å²) in [7, 11) is -1.76. The number of ether oxygens (including phenoxy) is 2. The number of hydrogen-bond acceptors (Lipinski definition) is 4. The van der Waals surface area contributed by atoms with Gasteiger partial charge in [0.1, 0.15) is 7.85 Å². The zero-order valence-corrected chi connectivity index (χ0v) is 14.3. The predicted octanol–water partition coefficient (Wildman–Crippen LogP) is 2.29. The van der Waals surface area contributed by atoms with E-state index in [4.69, 9.17) is 14.0 Å². The predicted molar refractivity (Wildman–Crippen MR) is 83.8 cm³/mol. The van der Waals surface area contributed by atoms with E-state index in [9.17, 15) is 9.46 Å². The van der Waals surface area contributed by atoms with Crippen LogP contribution in [0.25, 0.3) is 0 Å². The molecule has 0 heterocycles. The van der Waals surface area contributed by atoms with Gasteiger partial charge in [0.15, 0.2) is 0 Å². The fourth-order valence-corrected chi connectivity index (χ4v) is 2.45. The van der Waals surface area contributed by atoms with Crippen molar-refractivity contribution in [2.45, 2.75) is 65.4 Å². The Morgan fingerprint density at radius 1 is 1.25 bits per heavy atom. The largest absolute Gasteiger partial charge is 0.378 e. The first kappa shape index (κ1) is 19.9. The highest BCUT2D eigenvalue weighted by Gasteiger charge is 2.19. The summed E-state index contributed by atoms with van der Waals surface area (Å²) >= 11 is 0. The molecule has 0 amide bonds. The van der Waals surface area contributed by atoms with Gasteiger partial charge in [0.05, 0.1) is 24.9 Å². The highest BCUT2D eigenvalue weighted by Crippen LogP contribution is 2.44. The smallest absolute Gasteiger partial charge is 0.351 e. The first-order chi connectivity index (χ1) is 9.16. The van der Waals surface area contributed by atoms with Gasteiger partial charge in [0.25, 0.3) is 0 Å². The maximum Gasteiger partial charge on any atom is 0.351 e. The van der Waals surface area contributed by atoms with Gasteiger partial charge in [-0.25, -0.2) is 0 Å². The van der Waals surface area contributed by atoms with Crippen molar-refractivity contribution in [3.63, 3.8) is 0 Å². The van der Waals surface area contributed by atoms with Crippen LogP contribution in [0.15, 0.2) is 11.9 Å². The molecule has 1 unspecified atom stereocenters. The molecule has 0 bridgehead atoms. The van der Waals surface area contributed by atoms with Gasteiger partial charge < -0.3 is 18.9 Å². The maximum absolute atomic E-state index is 11.8. The molecule has 5 nitrogen and oxygen atoms in total. The van der Waals surface area contributed by atoms with Crippen LogP contribution >= 0.6 is 7.60 Å². The van der Waals surface area contributed by atoms with E-state index >= 15 is 0 Å². The second-order valence-corrected chi connectivity index (χ2v) is 6.97. The van der Waals surface area contributed by atoms with Crippen LogP contribution in [0, 0.1) is 0 Å². The van der Waals surface area contributed by atoms with E-state index in [1.54, 1.807) is 19.9 Å². The van der Waals surface area contributed by atoms with Gasteiger partial charge >= 0.3 is 7.60 Å². The van der Waals surface area contributed by atoms with Crippen LogP contribution in [-0.4, -0.2) is 43.7 Å². The van der Waals surface area contributed by atoms with Crippen molar-refractivity contribution in [3.8, 4) is 0 Å².